The highest BCUT2D eigenvalue weighted by Gasteiger charge is 2.31. The largest absolute Gasteiger partial charge is 0.476 e. The first-order chi connectivity index (χ1) is 10.2. The van der Waals surface area contributed by atoms with Crippen LogP contribution in [0.3, 0.4) is 0 Å². The lowest BCUT2D eigenvalue weighted by molar-refractivity contribution is 0.0220. The highest BCUT2D eigenvalue weighted by molar-refractivity contribution is 5.87. The number of carboxylic acid groups (broad SMARTS) is 1. The number of amides is 1. The second-order valence-electron chi connectivity index (χ2n) is 6.18. The van der Waals surface area contributed by atoms with Gasteiger partial charge >= 0.3 is 12.1 Å². The number of carbonyl (C=O) groups is 2. The molecule has 0 atom stereocenters. The summed E-state index contributed by atoms with van der Waals surface area (Å²) in [5, 5.41) is 22.3. The Kier molecular flexibility index (Phi) is 4.41. The first-order valence-corrected chi connectivity index (χ1v) is 7.13. The predicted octanol–water partition coefficient (Wildman–Crippen LogP) is 0.867. The summed E-state index contributed by atoms with van der Waals surface area (Å²) in [5.41, 5.74) is 0.592. The summed E-state index contributed by atoms with van der Waals surface area (Å²) in [6, 6.07) is 0. The van der Waals surface area contributed by atoms with Gasteiger partial charge in [0.15, 0.2) is 5.69 Å². The average Bonchev–Trinajstić information content (AvgIpc) is 2.76. The fourth-order valence-corrected chi connectivity index (χ4v) is 2.42. The summed E-state index contributed by atoms with van der Waals surface area (Å²) in [5.74, 6) is -1.14. The number of nitrogens with zero attached hydrogens (tertiary/aromatic N) is 3. The van der Waals surface area contributed by atoms with Crippen molar-refractivity contribution < 1.29 is 24.5 Å². The van der Waals surface area contributed by atoms with Crippen molar-refractivity contribution >= 4 is 12.1 Å². The second-order valence-corrected chi connectivity index (χ2v) is 6.18. The number of aromatic carboxylic acids is 1. The fourth-order valence-electron chi connectivity index (χ4n) is 2.42. The van der Waals surface area contributed by atoms with Crippen LogP contribution in [0.2, 0.25) is 0 Å². The first-order valence-electron chi connectivity index (χ1n) is 7.13. The van der Waals surface area contributed by atoms with Gasteiger partial charge in [-0.05, 0) is 20.8 Å². The van der Waals surface area contributed by atoms with E-state index in [1.165, 1.54) is 9.58 Å². The van der Waals surface area contributed by atoms with Gasteiger partial charge in [-0.2, -0.15) is 5.10 Å². The minimum atomic E-state index is -1.14. The quantitative estimate of drug-likeness (QED) is 0.858. The van der Waals surface area contributed by atoms with Crippen molar-refractivity contribution in [3.8, 4) is 0 Å². The Bertz CT molecular complexity index is 588. The van der Waals surface area contributed by atoms with Crippen LogP contribution in [0, 0.1) is 0 Å². The van der Waals surface area contributed by atoms with Gasteiger partial charge in [0, 0.05) is 24.2 Å². The number of ether oxygens (including phenoxy) is 1. The summed E-state index contributed by atoms with van der Waals surface area (Å²) in [6.07, 6.45) is 0.0129. The molecule has 1 aromatic rings. The maximum atomic E-state index is 12.1. The van der Waals surface area contributed by atoms with Crippen LogP contribution >= 0.6 is 0 Å². The molecular formula is C14H21N3O5. The van der Waals surface area contributed by atoms with E-state index in [-0.39, 0.29) is 25.4 Å². The number of carboxylic acids is 1. The van der Waals surface area contributed by atoms with E-state index in [0.29, 0.717) is 18.5 Å². The summed E-state index contributed by atoms with van der Waals surface area (Å²) >= 11 is 0. The molecule has 8 nitrogen and oxygen atoms in total. The third-order valence-corrected chi connectivity index (χ3v) is 3.30. The Hall–Kier alpha value is -2.09. The van der Waals surface area contributed by atoms with Crippen LogP contribution in [-0.4, -0.2) is 55.7 Å². The van der Waals surface area contributed by atoms with Gasteiger partial charge in [-0.15, -0.1) is 0 Å². The molecule has 22 heavy (non-hydrogen) atoms. The van der Waals surface area contributed by atoms with Crippen molar-refractivity contribution in [2.45, 2.75) is 45.9 Å². The summed E-state index contributed by atoms with van der Waals surface area (Å²) in [4.78, 5) is 24.9. The molecule has 0 radical (unpaired) electrons. The van der Waals surface area contributed by atoms with E-state index in [1.54, 1.807) is 20.8 Å². The molecule has 0 saturated carbocycles. The summed E-state index contributed by atoms with van der Waals surface area (Å²) in [6.45, 7) is 6.03. The molecule has 2 rings (SSSR count). The number of aliphatic hydroxyl groups excluding tert-OH is 1. The van der Waals surface area contributed by atoms with Crippen LogP contribution < -0.4 is 0 Å². The van der Waals surface area contributed by atoms with Crippen LogP contribution in [0.4, 0.5) is 4.79 Å². The van der Waals surface area contributed by atoms with Gasteiger partial charge in [0.05, 0.1) is 19.7 Å². The third kappa shape index (κ3) is 3.38. The average molecular weight is 311 g/mol. The predicted molar refractivity (Wildman–Crippen MR) is 76.6 cm³/mol. The van der Waals surface area contributed by atoms with Gasteiger partial charge in [0.2, 0.25) is 0 Å². The number of hydrogen-bond donors (Lipinski definition) is 2. The third-order valence-electron chi connectivity index (χ3n) is 3.30. The molecule has 1 aliphatic rings. The molecule has 1 aromatic heterocycles. The van der Waals surface area contributed by atoms with Crippen LogP contribution in [0.1, 0.15) is 42.5 Å². The van der Waals surface area contributed by atoms with Gasteiger partial charge < -0.3 is 19.8 Å². The van der Waals surface area contributed by atoms with Gasteiger partial charge in [-0.25, -0.2) is 9.59 Å². The zero-order valence-corrected chi connectivity index (χ0v) is 13.0. The van der Waals surface area contributed by atoms with Crippen molar-refractivity contribution in [2.75, 3.05) is 13.2 Å². The van der Waals surface area contributed by atoms with E-state index < -0.39 is 17.7 Å². The van der Waals surface area contributed by atoms with E-state index in [4.69, 9.17) is 9.84 Å². The number of carbonyl (C=O) groups excluding carboxylic acids is 1. The number of hydrogen-bond acceptors (Lipinski definition) is 5. The topological polar surface area (TPSA) is 105 Å². The number of rotatable bonds is 3. The van der Waals surface area contributed by atoms with E-state index in [0.717, 1.165) is 5.69 Å². The van der Waals surface area contributed by atoms with Crippen LogP contribution in [-0.2, 0) is 24.2 Å². The van der Waals surface area contributed by atoms with Gasteiger partial charge in [0.1, 0.15) is 5.60 Å². The molecule has 2 N–H and O–H groups in total. The molecule has 0 bridgehead atoms. The van der Waals surface area contributed by atoms with Crippen molar-refractivity contribution in [3.05, 3.63) is 17.0 Å². The second kappa shape index (κ2) is 5.96. The first kappa shape index (κ1) is 16.3. The SMILES string of the molecule is CC(C)(C)OC(=O)N1CCc2c(c(C(=O)O)nn2CCO)C1. The minimum absolute atomic E-state index is 0.0725. The van der Waals surface area contributed by atoms with Crippen molar-refractivity contribution in [1.29, 1.82) is 0 Å². The molecule has 122 valence electrons. The van der Waals surface area contributed by atoms with Crippen LogP contribution in [0.5, 0.6) is 0 Å². The molecule has 8 heteroatoms. The standard InChI is InChI=1S/C14H21N3O5/c1-14(2,3)22-13(21)16-5-4-10-9(8-16)11(12(19)20)15-17(10)6-7-18/h18H,4-8H2,1-3H3,(H,19,20). The molecule has 0 aliphatic carbocycles. The molecular weight excluding hydrogens is 290 g/mol. The maximum Gasteiger partial charge on any atom is 0.410 e. The van der Waals surface area contributed by atoms with Crippen LogP contribution in [0.25, 0.3) is 0 Å². The van der Waals surface area contributed by atoms with Gasteiger partial charge in [-0.3, -0.25) is 4.68 Å². The zero-order valence-electron chi connectivity index (χ0n) is 13.0. The number of aliphatic hydroxyl groups is 1. The molecule has 0 unspecified atom stereocenters. The van der Waals surface area contributed by atoms with E-state index >= 15 is 0 Å². The Morgan fingerprint density at radius 3 is 2.59 bits per heavy atom. The normalized spacial score (nSPS) is 14.6. The lowest BCUT2D eigenvalue weighted by Crippen LogP contribution is -2.40. The van der Waals surface area contributed by atoms with Gasteiger partial charge in [-0.1, -0.05) is 0 Å². The maximum absolute atomic E-state index is 12.1. The highest BCUT2D eigenvalue weighted by atomic mass is 16.6. The van der Waals surface area contributed by atoms with E-state index in [2.05, 4.69) is 5.10 Å². The Morgan fingerprint density at radius 2 is 2.05 bits per heavy atom. The lowest BCUT2D eigenvalue weighted by atomic mass is 10.1. The van der Waals surface area contributed by atoms with Crippen molar-refractivity contribution in [1.82, 2.24) is 14.7 Å². The molecule has 1 aliphatic heterocycles. The van der Waals surface area contributed by atoms with Gasteiger partial charge in [0.25, 0.3) is 0 Å². The lowest BCUT2D eigenvalue weighted by Gasteiger charge is -2.30. The molecule has 0 fully saturated rings. The van der Waals surface area contributed by atoms with Crippen LogP contribution in [0.15, 0.2) is 0 Å². The minimum Gasteiger partial charge on any atom is -0.476 e. The molecule has 0 aromatic carbocycles. The Balaban J connectivity index is 2.25. The summed E-state index contributed by atoms with van der Waals surface area (Å²) < 4.78 is 6.82. The monoisotopic (exact) mass is 311 g/mol. The number of aromatic nitrogens is 2. The fraction of sp³-hybridized carbons (Fsp3) is 0.643. The zero-order chi connectivity index (χ0) is 16.5. The summed E-state index contributed by atoms with van der Waals surface area (Å²) in [7, 11) is 0. The molecule has 2 heterocycles. The van der Waals surface area contributed by atoms with Crippen molar-refractivity contribution in [3.63, 3.8) is 0 Å². The molecule has 0 saturated heterocycles. The Labute approximate surface area is 128 Å². The highest BCUT2D eigenvalue weighted by Crippen LogP contribution is 2.24. The molecule has 0 spiro atoms. The van der Waals surface area contributed by atoms with E-state index in [9.17, 15) is 14.7 Å². The van der Waals surface area contributed by atoms with E-state index in [1.807, 2.05) is 0 Å². The van der Waals surface area contributed by atoms with Crippen molar-refractivity contribution in [2.24, 2.45) is 0 Å². The number of fused-ring (bicyclic) bond motifs is 1. The molecule has 1 amide bonds. The smallest absolute Gasteiger partial charge is 0.410 e. The Morgan fingerprint density at radius 1 is 1.36 bits per heavy atom.